The van der Waals surface area contributed by atoms with Gasteiger partial charge in [-0.05, 0) is 6.07 Å². The molecule has 7 N–H and O–H groups in total. The summed E-state index contributed by atoms with van der Waals surface area (Å²) in [5.74, 6) is -0.257. The molecule has 0 radical (unpaired) electrons. The molecule has 45 heavy (non-hydrogen) atoms. The number of nitrogens with zero attached hydrogens (tertiary/aromatic N) is 6. The molecule has 2 bridgehead atoms. The number of ether oxygens (including phenoxy) is 2. The molecule has 0 spiro atoms. The van der Waals surface area contributed by atoms with Gasteiger partial charge in [0.25, 0.3) is 5.56 Å². The van der Waals surface area contributed by atoms with E-state index in [-0.39, 0.29) is 34.0 Å². The van der Waals surface area contributed by atoms with Gasteiger partial charge in [-0.3, -0.25) is 37.0 Å². The number of thiol groups is 1. The predicted octanol–water partition coefficient (Wildman–Crippen LogP) is 0.178. The topological polar surface area (TPSA) is 276 Å². The van der Waals surface area contributed by atoms with Crippen LogP contribution >= 0.6 is 26.9 Å². The van der Waals surface area contributed by atoms with E-state index in [0.29, 0.717) is 0 Å². The second-order valence-corrected chi connectivity index (χ2v) is 14.5. The Hall–Kier alpha value is -3.01. The molecule has 3 unspecified atom stereocenters. The summed E-state index contributed by atoms with van der Waals surface area (Å²) >= 11 is 4.02. The van der Waals surface area contributed by atoms with Crippen LogP contribution < -0.4 is 17.0 Å². The zero-order valence-electron chi connectivity index (χ0n) is 22.5. The summed E-state index contributed by atoms with van der Waals surface area (Å²) in [4.78, 5) is 41.5. The van der Waals surface area contributed by atoms with E-state index in [4.69, 9.17) is 39.0 Å². The van der Waals surface area contributed by atoms with Crippen molar-refractivity contribution in [2.75, 3.05) is 24.7 Å². The summed E-state index contributed by atoms with van der Waals surface area (Å²) in [5, 5.41) is 11.1. The number of phosphoric ester groups is 1. The highest BCUT2D eigenvalue weighted by Crippen LogP contribution is 2.58. The van der Waals surface area contributed by atoms with Crippen molar-refractivity contribution in [3.05, 3.63) is 35.3 Å². The van der Waals surface area contributed by atoms with Crippen LogP contribution in [0.5, 0.6) is 0 Å². The number of hydrogen-bond acceptors (Lipinski definition) is 16. The lowest BCUT2D eigenvalue weighted by Gasteiger charge is -2.26. The van der Waals surface area contributed by atoms with Gasteiger partial charge in [-0.15, -0.1) is 0 Å². The first kappa shape index (κ1) is 30.6. The highest BCUT2D eigenvalue weighted by Gasteiger charge is 2.54. The number of pyridine rings is 1. The normalized spacial score (nSPS) is 37.7. The second-order valence-electron chi connectivity index (χ2n) is 10.2. The highest BCUT2D eigenvalue weighted by atomic mass is 32.7. The number of hydrogen-bond donors (Lipinski definition) is 6. The molecule has 3 aliphatic heterocycles. The van der Waals surface area contributed by atoms with Crippen molar-refractivity contribution in [2.24, 2.45) is 0 Å². The molecule has 4 aromatic rings. The lowest BCUT2D eigenvalue weighted by atomic mass is 10.1. The molecule has 3 aliphatic rings. The third-order valence-electron chi connectivity index (χ3n) is 7.38. The summed E-state index contributed by atoms with van der Waals surface area (Å²) in [7, 11) is -5.09. The Balaban J connectivity index is 1.21. The Bertz CT molecular complexity index is 1940. The first-order valence-electron chi connectivity index (χ1n) is 13.1. The fourth-order valence-electron chi connectivity index (χ4n) is 5.34. The summed E-state index contributed by atoms with van der Waals surface area (Å²) in [5.41, 5.74) is 11.4. The molecular weight excluding hydrogens is 667 g/mol. The van der Waals surface area contributed by atoms with Crippen molar-refractivity contribution in [3.8, 4) is 0 Å². The van der Waals surface area contributed by atoms with E-state index in [0.717, 1.165) is 6.33 Å². The largest absolute Gasteiger partial charge is 0.472 e. The Kier molecular flexibility index (Phi) is 7.53. The average Bonchev–Trinajstić information content (AvgIpc) is 3.72. The summed E-state index contributed by atoms with van der Waals surface area (Å²) in [6.45, 7) is -5.98. The number of aliphatic hydroxyl groups excluding tert-OH is 1. The number of alkyl halides is 1. The summed E-state index contributed by atoms with van der Waals surface area (Å²) in [6, 6.07) is 1.50. The molecule has 0 aromatic carbocycles. The number of aliphatic hydroxyl groups is 1. The standard InChI is InChI=1S/C21H24FN9O11P2S/c22-10-14-9(40-19(10)30-5-26-11-7(23)1-2-25-16(11)30)4-38-44(36,45)42-15-13(32)8(3-37-43(34,35)41-14)39-20(15)31-6-27-12-17(31)28-21(24)29-18(12)33/h1-2,5-6,8-10,13-15,19-20,32H,3-4H2,(H2,23,25)(H,34,35)(H,36,45)(H3,24,28,29,33)/t8-,9-,10+,13?,14?,15+,19-,20-,44-/m1/s1. The van der Waals surface area contributed by atoms with Gasteiger partial charge < -0.3 is 30.9 Å². The number of aromatic nitrogens is 7. The van der Waals surface area contributed by atoms with Gasteiger partial charge in [0, 0.05) is 6.20 Å². The number of rotatable bonds is 2. The Morgan fingerprint density at radius 3 is 2.44 bits per heavy atom. The predicted molar refractivity (Wildman–Crippen MR) is 151 cm³/mol. The lowest BCUT2D eigenvalue weighted by molar-refractivity contribution is -0.0619. The number of H-pyrrole nitrogens is 1. The van der Waals surface area contributed by atoms with Crippen molar-refractivity contribution in [3.63, 3.8) is 0 Å². The molecule has 24 heteroatoms. The minimum absolute atomic E-state index is 0.0821. The SMILES string of the molecule is Nc1nc2c(ncn2[C@@H]2O[C@@H]3COP(=O)(O)OC4[C@@H](CO[P@@](=O)(S)O[C@H]2C3O)O[C@@H](n2cnc3c(N)ccnc32)[C@H]4F)c(=O)[nH]1. The minimum Gasteiger partial charge on any atom is -0.397 e. The van der Waals surface area contributed by atoms with Gasteiger partial charge in [0.2, 0.25) is 5.95 Å². The number of phosphoric acid groups is 1. The Morgan fingerprint density at radius 1 is 0.978 bits per heavy atom. The molecule has 0 aliphatic carbocycles. The maximum Gasteiger partial charge on any atom is 0.472 e. The van der Waals surface area contributed by atoms with E-state index in [1.165, 1.54) is 27.7 Å². The molecule has 20 nitrogen and oxygen atoms in total. The van der Waals surface area contributed by atoms with Crippen molar-refractivity contribution < 1.29 is 51.1 Å². The number of imidazole rings is 2. The molecule has 0 amide bonds. The van der Waals surface area contributed by atoms with Crippen LogP contribution in [0.25, 0.3) is 22.3 Å². The number of anilines is 2. The summed E-state index contributed by atoms with van der Waals surface area (Å²) in [6.07, 6.45) is -9.23. The van der Waals surface area contributed by atoms with Gasteiger partial charge in [-0.1, -0.05) is 12.2 Å². The van der Waals surface area contributed by atoms with Crippen LogP contribution in [-0.4, -0.2) is 94.0 Å². The van der Waals surface area contributed by atoms with E-state index >= 15 is 4.39 Å². The van der Waals surface area contributed by atoms with E-state index in [1.807, 2.05) is 0 Å². The number of nitrogens with one attached hydrogen (secondary N) is 1. The third-order valence-corrected chi connectivity index (χ3v) is 9.98. The van der Waals surface area contributed by atoms with Crippen LogP contribution in [0.3, 0.4) is 0 Å². The van der Waals surface area contributed by atoms with Crippen molar-refractivity contribution in [1.82, 2.24) is 34.1 Å². The van der Waals surface area contributed by atoms with Gasteiger partial charge in [-0.2, -0.15) is 4.98 Å². The van der Waals surface area contributed by atoms with Gasteiger partial charge in [-0.25, -0.2) is 28.5 Å². The maximum absolute atomic E-state index is 15.9. The van der Waals surface area contributed by atoms with Crippen LogP contribution in [0.4, 0.5) is 16.0 Å². The number of nitrogen functional groups attached to an aromatic ring is 2. The van der Waals surface area contributed by atoms with Gasteiger partial charge >= 0.3 is 14.6 Å². The number of fused-ring (bicyclic) bond motifs is 5. The van der Waals surface area contributed by atoms with Crippen molar-refractivity contribution in [1.29, 1.82) is 0 Å². The molecular formula is C21H24FN9O11P2S. The zero-order valence-corrected chi connectivity index (χ0v) is 25.2. The first-order chi connectivity index (χ1) is 21.3. The molecule has 10 atom stereocenters. The van der Waals surface area contributed by atoms with Crippen LogP contribution in [0.15, 0.2) is 29.7 Å². The molecule has 4 aromatic heterocycles. The fraction of sp³-hybridized carbons (Fsp3) is 0.476. The Morgan fingerprint density at radius 2 is 1.67 bits per heavy atom. The van der Waals surface area contributed by atoms with Gasteiger partial charge in [0.05, 0.1) is 31.6 Å². The van der Waals surface area contributed by atoms with Crippen LogP contribution in [-0.2, 0) is 36.7 Å². The van der Waals surface area contributed by atoms with Gasteiger partial charge in [0.1, 0.15) is 36.0 Å². The van der Waals surface area contributed by atoms with E-state index in [9.17, 15) is 23.9 Å². The lowest BCUT2D eigenvalue weighted by Crippen LogP contribution is -2.35. The number of aromatic amines is 1. The molecule has 7 heterocycles. The smallest absolute Gasteiger partial charge is 0.397 e. The highest BCUT2D eigenvalue weighted by molar-refractivity contribution is 8.44. The van der Waals surface area contributed by atoms with Crippen LogP contribution in [0.2, 0.25) is 0 Å². The fourth-order valence-corrected chi connectivity index (χ4v) is 7.76. The van der Waals surface area contributed by atoms with E-state index in [2.05, 4.69) is 37.2 Å². The van der Waals surface area contributed by atoms with Crippen molar-refractivity contribution >= 4 is 60.8 Å². The molecule has 242 valence electrons. The zero-order chi connectivity index (χ0) is 31.8. The van der Waals surface area contributed by atoms with Crippen molar-refractivity contribution in [2.45, 2.75) is 49.1 Å². The molecule has 3 fully saturated rings. The monoisotopic (exact) mass is 691 g/mol. The molecule has 7 rings (SSSR count). The molecule has 3 saturated heterocycles. The van der Waals surface area contributed by atoms with Crippen LogP contribution in [0.1, 0.15) is 12.5 Å². The summed E-state index contributed by atoms with van der Waals surface area (Å²) < 4.78 is 77.8. The van der Waals surface area contributed by atoms with Gasteiger partial charge in [0.15, 0.2) is 35.4 Å². The number of nitrogens with two attached hydrogens (primary N) is 2. The quantitative estimate of drug-likeness (QED) is 0.121. The number of halogens is 1. The Labute approximate surface area is 255 Å². The molecule has 0 saturated carbocycles. The van der Waals surface area contributed by atoms with E-state index in [1.54, 1.807) is 0 Å². The second kappa shape index (κ2) is 11.1. The van der Waals surface area contributed by atoms with E-state index < -0.39 is 82.5 Å². The first-order valence-corrected chi connectivity index (χ1v) is 17.2. The maximum atomic E-state index is 15.9. The average molecular weight is 691 g/mol. The minimum atomic E-state index is -5.09. The third kappa shape index (κ3) is 5.44. The van der Waals surface area contributed by atoms with Crippen LogP contribution in [0, 0.1) is 0 Å².